The van der Waals surface area contributed by atoms with Gasteiger partial charge in [0.15, 0.2) is 5.96 Å². The van der Waals surface area contributed by atoms with Gasteiger partial charge in [0.05, 0.1) is 5.69 Å². The number of ether oxygens (including phenoxy) is 1. The molecule has 0 bridgehead atoms. The van der Waals surface area contributed by atoms with E-state index in [2.05, 4.69) is 20.6 Å². The third-order valence-corrected chi connectivity index (χ3v) is 4.36. The van der Waals surface area contributed by atoms with Crippen molar-refractivity contribution >= 4 is 5.96 Å². The smallest absolute Gasteiger partial charge is 0.191 e. The van der Waals surface area contributed by atoms with Gasteiger partial charge in [-0.1, -0.05) is 36.4 Å². The zero-order chi connectivity index (χ0) is 20.3. The molecule has 3 rings (SSSR count). The average molecular weight is 392 g/mol. The molecule has 0 spiro atoms. The summed E-state index contributed by atoms with van der Waals surface area (Å²) in [6.45, 7) is 1.66. The van der Waals surface area contributed by atoms with Crippen molar-refractivity contribution < 1.29 is 9.13 Å². The van der Waals surface area contributed by atoms with Crippen molar-refractivity contribution in [2.24, 2.45) is 4.99 Å². The van der Waals surface area contributed by atoms with Crippen molar-refractivity contribution in [2.45, 2.75) is 19.6 Å². The first-order chi connectivity index (χ1) is 14.2. The number of hydrogen-bond donors (Lipinski definition) is 2. The molecule has 2 N–H and O–H groups in total. The Kier molecular flexibility index (Phi) is 7.57. The fourth-order valence-corrected chi connectivity index (χ4v) is 2.77. The number of aliphatic imine (C=N–C) groups is 1. The van der Waals surface area contributed by atoms with Gasteiger partial charge in [0, 0.05) is 26.3 Å². The van der Waals surface area contributed by atoms with Gasteiger partial charge in [-0.2, -0.15) is 0 Å². The van der Waals surface area contributed by atoms with Crippen LogP contribution in [-0.2, 0) is 19.6 Å². The Labute approximate surface area is 170 Å². The van der Waals surface area contributed by atoms with Gasteiger partial charge in [-0.3, -0.25) is 9.98 Å². The van der Waals surface area contributed by atoms with Gasteiger partial charge in [0.25, 0.3) is 0 Å². The summed E-state index contributed by atoms with van der Waals surface area (Å²) in [6.07, 6.45) is 2.35. The summed E-state index contributed by atoms with van der Waals surface area (Å²) in [5.41, 5.74) is 2.69. The summed E-state index contributed by atoms with van der Waals surface area (Å²) in [4.78, 5) is 8.45. The van der Waals surface area contributed by atoms with Crippen molar-refractivity contribution in [2.75, 3.05) is 13.6 Å². The van der Waals surface area contributed by atoms with Crippen LogP contribution in [0.5, 0.6) is 5.75 Å². The minimum absolute atomic E-state index is 0.178. The maximum atomic E-state index is 13.7. The lowest BCUT2D eigenvalue weighted by atomic mass is 10.1. The maximum Gasteiger partial charge on any atom is 0.191 e. The fourth-order valence-electron chi connectivity index (χ4n) is 2.77. The molecule has 1 heterocycles. The Bertz CT molecular complexity index is 914. The summed E-state index contributed by atoms with van der Waals surface area (Å²) < 4.78 is 19.4. The molecule has 6 heteroatoms. The van der Waals surface area contributed by atoms with E-state index in [0.717, 1.165) is 17.0 Å². The molecule has 3 aromatic rings. The second-order valence-electron chi connectivity index (χ2n) is 6.45. The first kappa shape index (κ1) is 20.3. The molecule has 0 radical (unpaired) electrons. The van der Waals surface area contributed by atoms with Gasteiger partial charge < -0.3 is 15.4 Å². The van der Waals surface area contributed by atoms with Crippen LogP contribution in [0.3, 0.4) is 0 Å². The molecule has 0 atom stereocenters. The molecular formula is C23H25FN4O. The van der Waals surface area contributed by atoms with Crippen LogP contribution in [-0.4, -0.2) is 24.5 Å². The molecule has 0 aliphatic heterocycles. The highest BCUT2D eigenvalue weighted by Gasteiger charge is 2.03. The van der Waals surface area contributed by atoms with E-state index in [9.17, 15) is 4.39 Å². The number of nitrogens with zero attached hydrogens (tertiary/aromatic N) is 2. The predicted molar refractivity (Wildman–Crippen MR) is 113 cm³/mol. The predicted octanol–water partition coefficient (Wildman–Crippen LogP) is 3.71. The number of guanidine groups is 1. The molecule has 0 unspecified atom stereocenters. The second-order valence-corrected chi connectivity index (χ2v) is 6.45. The molecule has 150 valence electrons. The Morgan fingerprint density at radius 2 is 1.79 bits per heavy atom. The normalized spacial score (nSPS) is 11.2. The molecule has 5 nitrogen and oxygen atoms in total. The molecular weight excluding hydrogens is 367 g/mol. The second kappa shape index (κ2) is 10.8. The number of rotatable bonds is 8. The third-order valence-electron chi connectivity index (χ3n) is 4.36. The van der Waals surface area contributed by atoms with Crippen LogP contribution in [0.4, 0.5) is 4.39 Å². The van der Waals surface area contributed by atoms with Crippen molar-refractivity contribution in [3.63, 3.8) is 0 Å². The Morgan fingerprint density at radius 1 is 1.00 bits per heavy atom. The van der Waals surface area contributed by atoms with Crippen molar-refractivity contribution in [1.82, 2.24) is 15.6 Å². The van der Waals surface area contributed by atoms with E-state index in [4.69, 9.17) is 4.74 Å². The molecule has 0 saturated carbocycles. The first-order valence-corrected chi connectivity index (χ1v) is 9.54. The summed E-state index contributed by atoms with van der Waals surface area (Å²) in [7, 11) is 1.72. The van der Waals surface area contributed by atoms with Crippen molar-refractivity contribution in [3.8, 4) is 5.75 Å². The molecule has 0 fully saturated rings. The van der Waals surface area contributed by atoms with Crippen LogP contribution >= 0.6 is 0 Å². The van der Waals surface area contributed by atoms with Gasteiger partial charge in [-0.25, -0.2) is 4.39 Å². The Balaban J connectivity index is 1.41. The largest absolute Gasteiger partial charge is 0.487 e. The SMILES string of the molecule is CN=C(NCCc1ccccc1F)NCc1ccc(OCc2ccccn2)cc1. The number of pyridine rings is 1. The van der Waals surface area contributed by atoms with E-state index in [1.165, 1.54) is 6.07 Å². The topological polar surface area (TPSA) is 58.5 Å². The number of benzene rings is 2. The molecule has 0 aliphatic rings. The molecule has 1 aromatic heterocycles. The number of nitrogens with one attached hydrogen (secondary N) is 2. The van der Waals surface area contributed by atoms with E-state index >= 15 is 0 Å². The van der Waals surface area contributed by atoms with Crippen LogP contribution < -0.4 is 15.4 Å². The number of halogens is 1. The molecule has 0 saturated heterocycles. The van der Waals surface area contributed by atoms with Gasteiger partial charge in [0.2, 0.25) is 0 Å². The number of aromatic nitrogens is 1. The van der Waals surface area contributed by atoms with Crippen LogP contribution in [0, 0.1) is 5.82 Å². The monoisotopic (exact) mass is 392 g/mol. The lowest BCUT2D eigenvalue weighted by molar-refractivity contribution is 0.301. The van der Waals surface area contributed by atoms with Crippen LogP contribution in [0.15, 0.2) is 77.9 Å². The molecule has 0 amide bonds. The van der Waals surface area contributed by atoms with Gasteiger partial charge in [-0.15, -0.1) is 0 Å². The lowest BCUT2D eigenvalue weighted by Gasteiger charge is -2.12. The highest BCUT2D eigenvalue weighted by atomic mass is 19.1. The summed E-state index contributed by atoms with van der Waals surface area (Å²) >= 11 is 0. The van der Waals surface area contributed by atoms with E-state index in [-0.39, 0.29) is 5.82 Å². The Hall–Kier alpha value is -3.41. The van der Waals surface area contributed by atoms with Gasteiger partial charge in [-0.05, 0) is 47.9 Å². The first-order valence-electron chi connectivity index (χ1n) is 9.54. The van der Waals surface area contributed by atoms with Crippen LogP contribution in [0.25, 0.3) is 0 Å². The quantitative estimate of drug-likeness (QED) is 0.453. The zero-order valence-electron chi connectivity index (χ0n) is 16.4. The lowest BCUT2D eigenvalue weighted by Crippen LogP contribution is -2.37. The van der Waals surface area contributed by atoms with E-state index < -0.39 is 0 Å². The minimum Gasteiger partial charge on any atom is -0.487 e. The highest BCUT2D eigenvalue weighted by molar-refractivity contribution is 5.79. The minimum atomic E-state index is -0.178. The summed E-state index contributed by atoms with van der Waals surface area (Å²) in [6, 6.07) is 20.5. The zero-order valence-corrected chi connectivity index (χ0v) is 16.4. The van der Waals surface area contributed by atoms with Crippen molar-refractivity contribution in [1.29, 1.82) is 0 Å². The van der Waals surface area contributed by atoms with E-state index in [1.807, 2.05) is 48.5 Å². The highest BCUT2D eigenvalue weighted by Crippen LogP contribution is 2.13. The third kappa shape index (κ3) is 6.60. The van der Waals surface area contributed by atoms with Gasteiger partial charge in [0.1, 0.15) is 18.2 Å². The summed E-state index contributed by atoms with van der Waals surface area (Å²) in [5.74, 6) is 1.30. The van der Waals surface area contributed by atoms with Crippen LogP contribution in [0.1, 0.15) is 16.8 Å². The van der Waals surface area contributed by atoms with Crippen molar-refractivity contribution in [3.05, 3.63) is 95.6 Å². The van der Waals surface area contributed by atoms with E-state index in [1.54, 1.807) is 25.4 Å². The molecule has 29 heavy (non-hydrogen) atoms. The number of hydrogen-bond acceptors (Lipinski definition) is 3. The Morgan fingerprint density at radius 3 is 2.52 bits per heavy atom. The fraction of sp³-hybridized carbons (Fsp3) is 0.217. The molecule has 0 aliphatic carbocycles. The standard InChI is InChI=1S/C23H25FN4O/c1-25-23(27-15-13-19-6-2-3-8-22(19)24)28-16-18-9-11-21(12-10-18)29-17-20-7-4-5-14-26-20/h2-12,14H,13,15-17H2,1H3,(H2,25,27,28). The average Bonchev–Trinajstić information content (AvgIpc) is 2.77. The molecule has 2 aromatic carbocycles. The van der Waals surface area contributed by atoms with Gasteiger partial charge >= 0.3 is 0 Å². The van der Waals surface area contributed by atoms with Crippen LogP contribution in [0.2, 0.25) is 0 Å². The summed E-state index contributed by atoms with van der Waals surface area (Å²) in [5, 5.41) is 6.46. The maximum absolute atomic E-state index is 13.7. The van der Waals surface area contributed by atoms with E-state index in [0.29, 0.717) is 37.6 Å².